The Bertz CT molecular complexity index is 1330. The van der Waals surface area contributed by atoms with E-state index >= 15 is 4.39 Å². The molecular weight excluding hydrogens is 465 g/mol. The van der Waals surface area contributed by atoms with E-state index in [9.17, 15) is 10.1 Å². The number of anilines is 2. The standard InChI is InChI=1S/C30H32FN5O/c1-20(2)36(24-11-7-8-21(16-24)17-32)29(37)26-18-33-30(34-28(26)25-12-5-6-13-27(25)31)35-15-14-22-9-3-4-10-23(22)19-35/h5-8,11-13,16,18,20,22-23H,3-4,9-10,14-15,19H2,1-2H3. The Morgan fingerprint density at radius 2 is 1.89 bits per heavy atom. The first-order valence-corrected chi connectivity index (χ1v) is 13.2. The van der Waals surface area contributed by atoms with Crippen LogP contribution in [0.15, 0.2) is 54.7 Å². The van der Waals surface area contributed by atoms with Crippen molar-refractivity contribution in [2.24, 2.45) is 11.8 Å². The molecule has 6 nitrogen and oxygen atoms in total. The van der Waals surface area contributed by atoms with Crippen molar-refractivity contribution in [3.8, 4) is 17.3 Å². The molecule has 0 spiro atoms. The zero-order valence-electron chi connectivity index (χ0n) is 21.4. The number of carbonyl (C=O) groups is 1. The summed E-state index contributed by atoms with van der Waals surface area (Å²) in [4.78, 5) is 27.3. The Hall–Kier alpha value is -3.79. The van der Waals surface area contributed by atoms with Gasteiger partial charge in [-0.1, -0.05) is 37.5 Å². The van der Waals surface area contributed by atoms with Crippen LogP contribution in [0.4, 0.5) is 16.0 Å². The van der Waals surface area contributed by atoms with Crippen molar-refractivity contribution in [3.05, 3.63) is 71.7 Å². The Balaban J connectivity index is 1.56. The van der Waals surface area contributed by atoms with E-state index in [0.29, 0.717) is 28.8 Å². The number of halogens is 1. The van der Waals surface area contributed by atoms with Gasteiger partial charge in [-0.05, 0) is 68.9 Å². The van der Waals surface area contributed by atoms with Crippen LogP contribution in [0.2, 0.25) is 0 Å². The second kappa shape index (κ2) is 10.7. The number of hydrogen-bond acceptors (Lipinski definition) is 5. The zero-order chi connectivity index (χ0) is 25.9. The lowest BCUT2D eigenvalue weighted by Gasteiger charge is -2.41. The van der Waals surface area contributed by atoms with E-state index < -0.39 is 5.82 Å². The average Bonchev–Trinajstić information content (AvgIpc) is 2.92. The van der Waals surface area contributed by atoms with Gasteiger partial charge in [-0.25, -0.2) is 14.4 Å². The van der Waals surface area contributed by atoms with Gasteiger partial charge in [0.2, 0.25) is 5.95 Å². The SMILES string of the molecule is CC(C)N(C(=O)c1cnc(N2CCC3CCCCC3C2)nc1-c1ccccc1F)c1cccc(C#N)c1. The number of nitriles is 1. The maximum atomic E-state index is 15.1. The number of amides is 1. The van der Waals surface area contributed by atoms with Crippen LogP contribution < -0.4 is 9.80 Å². The molecule has 2 unspecified atom stereocenters. The molecular formula is C30H32FN5O. The molecule has 7 heteroatoms. The summed E-state index contributed by atoms with van der Waals surface area (Å²) >= 11 is 0. The number of hydrogen-bond donors (Lipinski definition) is 0. The summed E-state index contributed by atoms with van der Waals surface area (Å²) < 4.78 is 15.1. The number of nitrogens with zero attached hydrogens (tertiary/aromatic N) is 5. The fourth-order valence-electron chi connectivity index (χ4n) is 5.83. The molecule has 3 aromatic rings. The van der Waals surface area contributed by atoms with Gasteiger partial charge in [0.15, 0.2) is 0 Å². The third kappa shape index (κ3) is 5.06. The predicted molar refractivity (Wildman–Crippen MR) is 143 cm³/mol. The smallest absolute Gasteiger partial charge is 0.262 e. The van der Waals surface area contributed by atoms with Crippen LogP contribution in [0.1, 0.15) is 61.9 Å². The highest BCUT2D eigenvalue weighted by molar-refractivity contribution is 6.10. The number of rotatable bonds is 5. The summed E-state index contributed by atoms with van der Waals surface area (Å²) in [6.45, 7) is 5.57. The molecule has 2 heterocycles. The molecule has 0 bridgehead atoms. The Morgan fingerprint density at radius 3 is 2.65 bits per heavy atom. The molecule has 0 radical (unpaired) electrons. The highest BCUT2D eigenvalue weighted by Crippen LogP contribution is 2.37. The van der Waals surface area contributed by atoms with Gasteiger partial charge in [-0.2, -0.15) is 5.26 Å². The summed E-state index contributed by atoms with van der Waals surface area (Å²) in [7, 11) is 0. The van der Waals surface area contributed by atoms with Crippen molar-refractivity contribution >= 4 is 17.5 Å². The number of aromatic nitrogens is 2. The van der Waals surface area contributed by atoms with Gasteiger partial charge < -0.3 is 9.80 Å². The maximum absolute atomic E-state index is 15.1. The molecule has 1 aliphatic heterocycles. The molecule has 5 rings (SSSR count). The summed E-state index contributed by atoms with van der Waals surface area (Å²) in [5, 5.41) is 9.37. The quantitative estimate of drug-likeness (QED) is 0.418. The minimum atomic E-state index is -0.435. The van der Waals surface area contributed by atoms with E-state index in [2.05, 4.69) is 16.0 Å². The topological polar surface area (TPSA) is 73.1 Å². The van der Waals surface area contributed by atoms with E-state index in [1.807, 2.05) is 13.8 Å². The zero-order valence-corrected chi connectivity index (χ0v) is 21.4. The summed E-state index contributed by atoms with van der Waals surface area (Å²) in [5.41, 5.74) is 1.86. The van der Waals surface area contributed by atoms with Gasteiger partial charge in [0.05, 0.1) is 22.9 Å². The van der Waals surface area contributed by atoms with Crippen LogP contribution in [0.5, 0.6) is 0 Å². The molecule has 0 N–H and O–H groups in total. The second-order valence-corrected chi connectivity index (χ2v) is 10.4. The predicted octanol–water partition coefficient (Wildman–Crippen LogP) is 6.23. The summed E-state index contributed by atoms with van der Waals surface area (Å²) in [6.07, 6.45) is 7.76. The molecule has 2 atom stereocenters. The van der Waals surface area contributed by atoms with Gasteiger partial charge in [-0.15, -0.1) is 0 Å². The summed E-state index contributed by atoms with van der Waals surface area (Å²) in [6, 6.07) is 15.3. The monoisotopic (exact) mass is 497 g/mol. The van der Waals surface area contributed by atoms with E-state index in [1.54, 1.807) is 53.6 Å². The Labute approximate surface area is 217 Å². The fourth-order valence-corrected chi connectivity index (χ4v) is 5.83. The van der Waals surface area contributed by atoms with Crippen molar-refractivity contribution in [3.63, 3.8) is 0 Å². The molecule has 2 aromatic carbocycles. The van der Waals surface area contributed by atoms with Crippen molar-refractivity contribution < 1.29 is 9.18 Å². The van der Waals surface area contributed by atoms with Crippen LogP contribution in [0.25, 0.3) is 11.3 Å². The molecule has 37 heavy (non-hydrogen) atoms. The lowest BCUT2D eigenvalue weighted by molar-refractivity contribution is 0.0980. The van der Waals surface area contributed by atoms with Crippen LogP contribution in [-0.4, -0.2) is 35.0 Å². The van der Waals surface area contributed by atoms with E-state index in [0.717, 1.165) is 25.4 Å². The minimum Gasteiger partial charge on any atom is -0.341 e. The van der Waals surface area contributed by atoms with E-state index in [-0.39, 0.29) is 23.1 Å². The first kappa shape index (κ1) is 24.9. The van der Waals surface area contributed by atoms with Crippen molar-refractivity contribution in [2.75, 3.05) is 22.9 Å². The molecule has 2 fully saturated rings. The van der Waals surface area contributed by atoms with Gasteiger partial charge >= 0.3 is 0 Å². The van der Waals surface area contributed by atoms with Gasteiger partial charge in [-0.3, -0.25) is 4.79 Å². The van der Waals surface area contributed by atoms with E-state index in [1.165, 1.54) is 31.7 Å². The van der Waals surface area contributed by atoms with Crippen LogP contribution in [-0.2, 0) is 0 Å². The number of benzene rings is 2. The Morgan fingerprint density at radius 1 is 1.11 bits per heavy atom. The lowest BCUT2D eigenvalue weighted by Crippen LogP contribution is -2.42. The minimum absolute atomic E-state index is 0.208. The highest BCUT2D eigenvalue weighted by Gasteiger charge is 2.33. The highest BCUT2D eigenvalue weighted by atomic mass is 19.1. The van der Waals surface area contributed by atoms with Crippen LogP contribution in [0, 0.1) is 29.0 Å². The van der Waals surface area contributed by atoms with Gasteiger partial charge in [0, 0.05) is 36.6 Å². The number of piperidine rings is 1. The van der Waals surface area contributed by atoms with Crippen LogP contribution in [0.3, 0.4) is 0 Å². The fraction of sp³-hybridized carbons (Fsp3) is 0.400. The maximum Gasteiger partial charge on any atom is 0.262 e. The Kier molecular flexibility index (Phi) is 7.18. The first-order chi connectivity index (χ1) is 18.0. The van der Waals surface area contributed by atoms with Gasteiger partial charge in [0.1, 0.15) is 5.82 Å². The molecule has 2 aliphatic rings. The number of fused-ring (bicyclic) bond motifs is 1. The summed E-state index contributed by atoms with van der Waals surface area (Å²) in [5.74, 6) is 1.17. The van der Waals surface area contributed by atoms with Crippen molar-refractivity contribution in [2.45, 2.75) is 52.0 Å². The third-order valence-electron chi connectivity index (χ3n) is 7.70. The molecule has 190 valence electrons. The third-order valence-corrected chi connectivity index (χ3v) is 7.70. The normalized spacial score (nSPS) is 19.3. The van der Waals surface area contributed by atoms with Crippen molar-refractivity contribution in [1.82, 2.24) is 9.97 Å². The largest absolute Gasteiger partial charge is 0.341 e. The van der Waals surface area contributed by atoms with E-state index in [4.69, 9.17) is 4.98 Å². The molecule has 1 amide bonds. The average molecular weight is 498 g/mol. The molecule has 1 aliphatic carbocycles. The molecule has 1 aromatic heterocycles. The number of carbonyl (C=O) groups excluding carboxylic acids is 1. The first-order valence-electron chi connectivity index (χ1n) is 13.2. The lowest BCUT2D eigenvalue weighted by atomic mass is 9.75. The molecule has 1 saturated heterocycles. The van der Waals surface area contributed by atoms with Gasteiger partial charge in [0.25, 0.3) is 5.91 Å². The van der Waals surface area contributed by atoms with Crippen LogP contribution >= 0.6 is 0 Å². The molecule has 1 saturated carbocycles. The van der Waals surface area contributed by atoms with Crippen molar-refractivity contribution in [1.29, 1.82) is 5.26 Å². The second-order valence-electron chi connectivity index (χ2n) is 10.4.